The number of hydrogen-bond acceptors (Lipinski definition) is 8. The van der Waals surface area contributed by atoms with Crippen molar-refractivity contribution in [3.05, 3.63) is 74.2 Å². The minimum atomic E-state index is -1.09. The molecule has 2 aliphatic heterocycles. The van der Waals surface area contributed by atoms with E-state index in [1.807, 2.05) is 39.0 Å². The fraction of sp³-hybridized carbons (Fsp3) is 0.600. The molecule has 0 amide bonds. The first-order valence-corrected chi connectivity index (χ1v) is 24.7. The number of ether oxygens (including phenoxy) is 2. The van der Waals surface area contributed by atoms with Crippen molar-refractivity contribution in [1.82, 2.24) is 19.9 Å². The summed E-state index contributed by atoms with van der Waals surface area (Å²) in [4.78, 5) is 44.7. The van der Waals surface area contributed by atoms with Gasteiger partial charge in [-0.3, -0.25) is 19.6 Å². The predicted molar refractivity (Wildman–Crippen MR) is 264 cm³/mol. The van der Waals surface area contributed by atoms with Crippen molar-refractivity contribution in [1.29, 1.82) is 0 Å². The van der Waals surface area contributed by atoms with Gasteiger partial charge in [0.05, 0.1) is 47.6 Å². The number of rotatable bonds is 19. The number of aromatic nitrogens is 4. The highest BCUT2D eigenvalue weighted by Crippen LogP contribution is 2.46. The quantitative estimate of drug-likeness (QED) is 0.0869. The van der Waals surface area contributed by atoms with Gasteiger partial charge in [-0.15, -0.1) is 0 Å². The number of nitrogens with one attached hydrogen (secondary N) is 2. The van der Waals surface area contributed by atoms with Crippen LogP contribution in [0.4, 0.5) is 0 Å². The Morgan fingerprint density at radius 3 is 2.02 bits per heavy atom. The molecule has 3 aromatic heterocycles. The maximum Gasteiger partial charge on any atom is 0.321 e. The fourth-order valence-electron chi connectivity index (χ4n) is 10.7. The molecule has 0 saturated heterocycles. The molecule has 4 N–H and O–H groups in total. The highest BCUT2D eigenvalue weighted by Gasteiger charge is 2.41. The summed E-state index contributed by atoms with van der Waals surface area (Å²) in [6.07, 6.45) is 15.1. The number of aromatic amines is 2. The number of methoxy groups -OCH3 is 1. The third kappa shape index (κ3) is 11.1. The van der Waals surface area contributed by atoms with Gasteiger partial charge < -0.3 is 29.7 Å². The number of hydrogen-bond donors (Lipinski definition) is 4. The van der Waals surface area contributed by atoms with Crippen LogP contribution in [0.5, 0.6) is 0 Å². The Balaban J connectivity index is 1.23. The summed E-state index contributed by atoms with van der Waals surface area (Å²) in [7, 11) is 1.33. The summed E-state index contributed by atoms with van der Waals surface area (Å²) >= 11 is 0. The number of nitrogens with zero attached hydrogens (tertiary/aromatic N) is 2. The van der Waals surface area contributed by atoms with Crippen LogP contribution in [0.25, 0.3) is 39.2 Å². The molecular weight excluding hydrogens is 813 g/mol. The van der Waals surface area contributed by atoms with Crippen LogP contribution in [0.3, 0.4) is 0 Å². The van der Waals surface area contributed by atoms with E-state index in [2.05, 4.69) is 64.5 Å². The second-order valence-corrected chi connectivity index (χ2v) is 20.4. The van der Waals surface area contributed by atoms with Crippen LogP contribution in [0.1, 0.15) is 203 Å². The molecule has 3 aromatic rings. The molecular formula is C55H78N4O6. The Kier molecular flexibility index (Phi) is 16.5. The first kappa shape index (κ1) is 49.6. The number of carbonyl (C=O) groups is 2. The van der Waals surface area contributed by atoms with Crippen molar-refractivity contribution in [3.8, 4) is 0 Å². The van der Waals surface area contributed by atoms with Crippen LogP contribution in [-0.2, 0) is 19.1 Å². The van der Waals surface area contributed by atoms with Crippen LogP contribution in [0.15, 0.2) is 24.3 Å². The van der Waals surface area contributed by atoms with Gasteiger partial charge in [0.15, 0.2) is 0 Å². The van der Waals surface area contributed by atoms with Gasteiger partial charge in [0, 0.05) is 56.9 Å². The standard InChI is InChI=1S/C55H78N4O6/c1-13-39-34(7)41-29-46-48(38(11)60)36(9)43(57-46)27-42-35(8)40(52(58-42)50-51(55(63)64-12)54(62)49-37(10)44(59-53(49)50)28-45(39)56-41)23-24-47(61)65-26-25-33(6)22-16-21-32(5)20-15-19-31(4)18-14-17-30(2)3/h13,27-35,40,51,57,59-60,62H,14-26H2,1-12H3/b39-13+,42-27?,45-28?,46-29?,48-38?. The van der Waals surface area contributed by atoms with E-state index < -0.39 is 11.9 Å². The van der Waals surface area contributed by atoms with Crippen LogP contribution in [-0.4, -0.2) is 55.8 Å². The number of H-pyrrole nitrogens is 2. The summed E-state index contributed by atoms with van der Waals surface area (Å²) < 4.78 is 11.2. The molecule has 10 heteroatoms. The molecule has 6 rings (SSSR count). The van der Waals surface area contributed by atoms with E-state index in [1.165, 1.54) is 58.5 Å². The van der Waals surface area contributed by atoms with Gasteiger partial charge in [-0.2, -0.15) is 0 Å². The zero-order valence-corrected chi connectivity index (χ0v) is 41.5. The van der Waals surface area contributed by atoms with Crippen LogP contribution in [0.2, 0.25) is 0 Å². The Morgan fingerprint density at radius 1 is 0.815 bits per heavy atom. The molecule has 0 fully saturated rings. The molecule has 3 aliphatic rings. The largest absolute Gasteiger partial charge is 0.512 e. The number of carbonyl (C=O) groups excluding carboxylic acids is 2. The Labute approximate surface area is 387 Å². The highest BCUT2D eigenvalue weighted by atomic mass is 16.5. The minimum absolute atomic E-state index is 0.0127. The van der Waals surface area contributed by atoms with E-state index in [0.717, 1.165) is 80.9 Å². The molecule has 1 aliphatic carbocycles. The zero-order chi connectivity index (χ0) is 47.3. The van der Waals surface area contributed by atoms with Gasteiger partial charge in [-0.25, -0.2) is 0 Å². The molecule has 65 heavy (non-hydrogen) atoms. The van der Waals surface area contributed by atoms with Gasteiger partial charge in [0.1, 0.15) is 11.7 Å². The van der Waals surface area contributed by atoms with Crippen LogP contribution >= 0.6 is 0 Å². The van der Waals surface area contributed by atoms with Crippen molar-refractivity contribution in [3.63, 3.8) is 0 Å². The summed E-state index contributed by atoms with van der Waals surface area (Å²) in [6, 6.07) is 6.02. The zero-order valence-electron chi connectivity index (χ0n) is 41.5. The number of allylic oxidation sites excluding steroid dienone is 2. The molecule has 7 unspecified atom stereocenters. The Bertz CT molecular complexity index is 2540. The van der Waals surface area contributed by atoms with E-state index in [-0.39, 0.29) is 41.7 Å². The van der Waals surface area contributed by atoms with E-state index >= 15 is 0 Å². The Morgan fingerprint density at radius 2 is 1.42 bits per heavy atom. The van der Waals surface area contributed by atoms with Crippen molar-refractivity contribution >= 4 is 51.1 Å². The molecule has 10 nitrogen and oxygen atoms in total. The van der Waals surface area contributed by atoms with Crippen molar-refractivity contribution in [2.75, 3.05) is 13.7 Å². The summed E-state index contributed by atoms with van der Waals surface area (Å²) in [5, 5.41) is 24.2. The number of aryl methyl sites for hydroxylation is 2. The lowest BCUT2D eigenvalue weighted by Crippen LogP contribution is -2.18. The first-order valence-electron chi connectivity index (χ1n) is 24.7. The lowest BCUT2D eigenvalue weighted by molar-refractivity contribution is -0.144. The third-order valence-corrected chi connectivity index (χ3v) is 14.9. The number of aliphatic hydroxyl groups is 2. The fourth-order valence-corrected chi connectivity index (χ4v) is 10.7. The van der Waals surface area contributed by atoms with Gasteiger partial charge in [0.2, 0.25) is 0 Å². The van der Waals surface area contributed by atoms with Crippen molar-refractivity contribution in [2.45, 2.75) is 177 Å². The molecule has 0 saturated carbocycles. The third-order valence-electron chi connectivity index (χ3n) is 14.9. The second-order valence-electron chi connectivity index (χ2n) is 20.4. The lowest BCUT2D eigenvalue weighted by atomic mass is 9.84. The van der Waals surface area contributed by atoms with Gasteiger partial charge >= 0.3 is 11.9 Å². The molecule has 5 heterocycles. The predicted octanol–water partition coefficient (Wildman–Crippen LogP) is 12.4. The maximum atomic E-state index is 13.7. The van der Waals surface area contributed by atoms with Crippen molar-refractivity contribution in [2.24, 2.45) is 23.7 Å². The number of esters is 2. The molecule has 0 spiro atoms. The highest BCUT2D eigenvalue weighted by molar-refractivity contribution is 5.96. The monoisotopic (exact) mass is 891 g/mol. The molecule has 8 bridgehead atoms. The first-order chi connectivity index (χ1) is 30.9. The van der Waals surface area contributed by atoms with E-state index in [1.54, 1.807) is 6.92 Å². The van der Waals surface area contributed by atoms with E-state index in [4.69, 9.17) is 19.4 Å². The average molecular weight is 891 g/mol. The SMILES string of the molecule is C/C=C1/c2cc3[nH]c4c(c5nc(cc6[nH]c(cc(n2)C1C)c(=C(C)O)c6C)C(C)C5CCC(=O)OCCC(C)CCCC(C)CCCC(C)CCCC(C)C)C(C(=O)OC)C(O)=c4c3C. The number of aliphatic hydroxyl groups excluding tert-OH is 2. The van der Waals surface area contributed by atoms with Crippen LogP contribution < -0.4 is 10.4 Å². The molecule has 7 atom stereocenters. The topological polar surface area (TPSA) is 150 Å². The van der Waals surface area contributed by atoms with Crippen molar-refractivity contribution < 1.29 is 29.3 Å². The minimum Gasteiger partial charge on any atom is -0.512 e. The van der Waals surface area contributed by atoms with Crippen LogP contribution in [0, 0.1) is 37.5 Å². The molecule has 0 radical (unpaired) electrons. The maximum absolute atomic E-state index is 13.7. The van der Waals surface area contributed by atoms with E-state index in [0.29, 0.717) is 46.2 Å². The summed E-state index contributed by atoms with van der Waals surface area (Å²) in [6.45, 7) is 23.9. The van der Waals surface area contributed by atoms with Gasteiger partial charge in [0.25, 0.3) is 0 Å². The number of fused-ring (bicyclic) bond motifs is 8. The second kappa shape index (κ2) is 21.6. The molecule has 354 valence electrons. The normalized spacial score (nSPS) is 20.6. The molecule has 0 aromatic carbocycles. The van der Waals surface area contributed by atoms with E-state index in [9.17, 15) is 19.8 Å². The smallest absolute Gasteiger partial charge is 0.321 e. The Hall–Kier alpha value is -4.86. The summed E-state index contributed by atoms with van der Waals surface area (Å²) in [5.74, 6) is 0.549. The lowest BCUT2D eigenvalue weighted by Gasteiger charge is -2.19. The summed E-state index contributed by atoms with van der Waals surface area (Å²) in [5.41, 5.74) is 9.22. The van der Waals surface area contributed by atoms with Gasteiger partial charge in [-0.05, 0) is 99.1 Å². The average Bonchev–Trinajstić information content (AvgIpc) is 4.00. The van der Waals surface area contributed by atoms with Gasteiger partial charge in [-0.1, -0.05) is 112 Å².